The number of rotatable bonds is 4. The first kappa shape index (κ1) is 16.0. The predicted molar refractivity (Wildman–Crippen MR) is 97.1 cm³/mol. The van der Waals surface area contributed by atoms with E-state index in [9.17, 15) is 0 Å². The second kappa shape index (κ2) is 7.59. The summed E-state index contributed by atoms with van der Waals surface area (Å²) in [4.78, 5) is 11.3. The lowest BCUT2D eigenvalue weighted by atomic mass is 10.0. The van der Waals surface area contributed by atoms with Gasteiger partial charge in [0.2, 0.25) is 0 Å². The molecule has 3 rings (SSSR count). The molecule has 0 saturated carbocycles. The van der Waals surface area contributed by atoms with Gasteiger partial charge in [-0.1, -0.05) is 24.3 Å². The van der Waals surface area contributed by atoms with Gasteiger partial charge in [-0.05, 0) is 30.9 Å². The number of thiazole rings is 1. The summed E-state index contributed by atoms with van der Waals surface area (Å²) >= 11 is 1.75. The Bertz CT molecular complexity index is 677. The molecule has 0 saturated heterocycles. The fourth-order valence-corrected chi connectivity index (χ4v) is 3.78. The average Bonchev–Trinajstić information content (AvgIpc) is 3.00. The normalized spacial score (nSPS) is 14.7. The summed E-state index contributed by atoms with van der Waals surface area (Å²) in [6.07, 6.45) is 3.21. The summed E-state index contributed by atoms with van der Waals surface area (Å²) in [5.74, 6) is 1.01. The Hall–Kier alpha value is -1.88. The quantitative estimate of drug-likeness (QED) is 0.533. The van der Waals surface area contributed by atoms with Crippen molar-refractivity contribution in [1.82, 2.24) is 15.2 Å². The molecule has 2 heterocycles. The van der Waals surface area contributed by atoms with Crippen molar-refractivity contribution in [2.75, 3.05) is 20.1 Å². The van der Waals surface area contributed by atoms with Gasteiger partial charge in [0, 0.05) is 44.2 Å². The first-order valence-electron chi connectivity index (χ1n) is 8.19. The van der Waals surface area contributed by atoms with Crippen LogP contribution in [0.25, 0.3) is 0 Å². The monoisotopic (exact) mass is 328 g/mol. The summed E-state index contributed by atoms with van der Waals surface area (Å²) in [6.45, 7) is 4.96. The SMILES string of the molecule is CN=C(NCCCc1nc(C)cs1)N1CCc2ccccc2C1. The predicted octanol–water partition coefficient (Wildman–Crippen LogP) is 3.02. The van der Waals surface area contributed by atoms with Crippen molar-refractivity contribution in [2.24, 2.45) is 4.99 Å². The van der Waals surface area contributed by atoms with E-state index in [1.165, 1.54) is 16.1 Å². The van der Waals surface area contributed by atoms with Crippen LogP contribution in [0.3, 0.4) is 0 Å². The molecule has 1 aromatic carbocycles. The number of fused-ring (bicyclic) bond motifs is 1. The summed E-state index contributed by atoms with van der Waals surface area (Å²) < 4.78 is 0. The van der Waals surface area contributed by atoms with Crippen molar-refractivity contribution in [1.29, 1.82) is 0 Å². The Morgan fingerprint density at radius 1 is 1.35 bits per heavy atom. The molecule has 0 unspecified atom stereocenters. The van der Waals surface area contributed by atoms with Gasteiger partial charge in [-0.25, -0.2) is 4.98 Å². The lowest BCUT2D eigenvalue weighted by Gasteiger charge is -2.31. The molecule has 0 atom stereocenters. The highest BCUT2D eigenvalue weighted by Crippen LogP contribution is 2.18. The van der Waals surface area contributed by atoms with E-state index in [4.69, 9.17) is 0 Å². The molecule has 5 heteroatoms. The molecule has 0 fully saturated rings. The molecule has 23 heavy (non-hydrogen) atoms. The third-order valence-electron chi connectivity index (χ3n) is 4.16. The van der Waals surface area contributed by atoms with Crippen LogP contribution in [0.1, 0.15) is 28.2 Å². The molecule has 0 aliphatic carbocycles. The maximum atomic E-state index is 4.51. The molecule has 1 aromatic heterocycles. The number of aromatic nitrogens is 1. The van der Waals surface area contributed by atoms with E-state index >= 15 is 0 Å². The van der Waals surface area contributed by atoms with Crippen LogP contribution in [-0.2, 0) is 19.4 Å². The second-order valence-corrected chi connectivity index (χ2v) is 6.84. The Labute approximate surface area is 142 Å². The lowest BCUT2D eigenvalue weighted by molar-refractivity contribution is 0.378. The number of hydrogen-bond acceptors (Lipinski definition) is 3. The molecule has 0 radical (unpaired) electrons. The van der Waals surface area contributed by atoms with Crippen molar-refractivity contribution in [3.63, 3.8) is 0 Å². The van der Waals surface area contributed by atoms with E-state index in [0.29, 0.717) is 0 Å². The first-order valence-corrected chi connectivity index (χ1v) is 9.07. The maximum absolute atomic E-state index is 4.51. The molecule has 0 amide bonds. The molecule has 1 aliphatic heterocycles. The van der Waals surface area contributed by atoms with Gasteiger partial charge in [0.1, 0.15) is 0 Å². The van der Waals surface area contributed by atoms with Gasteiger partial charge in [0.05, 0.1) is 5.01 Å². The van der Waals surface area contributed by atoms with Crippen LogP contribution in [0.5, 0.6) is 0 Å². The van der Waals surface area contributed by atoms with E-state index in [1.54, 1.807) is 11.3 Å². The van der Waals surface area contributed by atoms with Crippen molar-refractivity contribution in [3.05, 3.63) is 51.5 Å². The minimum Gasteiger partial charge on any atom is -0.356 e. The van der Waals surface area contributed by atoms with Crippen LogP contribution < -0.4 is 5.32 Å². The van der Waals surface area contributed by atoms with Crippen LogP contribution in [0.2, 0.25) is 0 Å². The zero-order chi connectivity index (χ0) is 16.1. The fraction of sp³-hybridized carbons (Fsp3) is 0.444. The molecule has 1 N–H and O–H groups in total. The second-order valence-electron chi connectivity index (χ2n) is 5.90. The van der Waals surface area contributed by atoms with E-state index in [2.05, 4.69) is 49.8 Å². The Balaban J connectivity index is 1.49. The highest BCUT2D eigenvalue weighted by atomic mass is 32.1. The first-order chi connectivity index (χ1) is 11.3. The van der Waals surface area contributed by atoms with Crippen molar-refractivity contribution >= 4 is 17.3 Å². The van der Waals surface area contributed by atoms with Crippen molar-refractivity contribution in [3.8, 4) is 0 Å². The fourth-order valence-electron chi connectivity index (χ4n) is 2.97. The molecule has 2 aromatic rings. The Kier molecular flexibility index (Phi) is 5.28. The van der Waals surface area contributed by atoms with E-state index in [1.807, 2.05) is 14.0 Å². The summed E-state index contributed by atoms with van der Waals surface area (Å²) in [6, 6.07) is 8.70. The largest absolute Gasteiger partial charge is 0.356 e. The van der Waals surface area contributed by atoms with Crippen LogP contribution in [0.15, 0.2) is 34.6 Å². The lowest BCUT2D eigenvalue weighted by Crippen LogP contribution is -2.44. The maximum Gasteiger partial charge on any atom is 0.193 e. The Morgan fingerprint density at radius 3 is 2.91 bits per heavy atom. The Morgan fingerprint density at radius 2 is 2.17 bits per heavy atom. The zero-order valence-electron chi connectivity index (χ0n) is 13.9. The van der Waals surface area contributed by atoms with Crippen LogP contribution >= 0.6 is 11.3 Å². The number of nitrogens with zero attached hydrogens (tertiary/aromatic N) is 3. The number of guanidine groups is 1. The molecular formula is C18H24N4S. The summed E-state index contributed by atoms with van der Waals surface area (Å²) in [5.41, 5.74) is 4.01. The number of hydrogen-bond donors (Lipinski definition) is 1. The van der Waals surface area contributed by atoms with Gasteiger partial charge >= 0.3 is 0 Å². The van der Waals surface area contributed by atoms with E-state index in [-0.39, 0.29) is 0 Å². The standard InChI is InChI=1S/C18H24N4S/c1-14-13-23-17(21-14)8-5-10-20-18(19-2)22-11-9-15-6-3-4-7-16(15)12-22/h3-4,6-7,13H,5,8-12H2,1-2H3,(H,19,20). The molecule has 0 bridgehead atoms. The van der Waals surface area contributed by atoms with Crippen LogP contribution in [0.4, 0.5) is 0 Å². The summed E-state index contributed by atoms with van der Waals surface area (Å²) in [5, 5.41) is 6.85. The van der Waals surface area contributed by atoms with Gasteiger partial charge < -0.3 is 10.2 Å². The highest BCUT2D eigenvalue weighted by molar-refractivity contribution is 7.09. The number of aliphatic imine (C=N–C) groups is 1. The van der Waals surface area contributed by atoms with Crippen LogP contribution in [0, 0.1) is 6.92 Å². The van der Waals surface area contributed by atoms with Gasteiger partial charge in [0.15, 0.2) is 5.96 Å². The molecule has 4 nitrogen and oxygen atoms in total. The molecular weight excluding hydrogens is 304 g/mol. The van der Waals surface area contributed by atoms with Gasteiger partial charge in [-0.2, -0.15) is 0 Å². The van der Waals surface area contributed by atoms with E-state index in [0.717, 1.165) is 50.6 Å². The summed E-state index contributed by atoms with van der Waals surface area (Å²) in [7, 11) is 1.87. The minimum absolute atomic E-state index is 0.934. The molecule has 1 aliphatic rings. The minimum atomic E-state index is 0.934. The highest BCUT2D eigenvalue weighted by Gasteiger charge is 2.18. The van der Waals surface area contributed by atoms with Crippen molar-refractivity contribution < 1.29 is 0 Å². The zero-order valence-corrected chi connectivity index (χ0v) is 14.7. The van der Waals surface area contributed by atoms with Crippen molar-refractivity contribution in [2.45, 2.75) is 32.7 Å². The molecule has 0 spiro atoms. The van der Waals surface area contributed by atoms with E-state index < -0.39 is 0 Å². The third kappa shape index (κ3) is 4.10. The van der Waals surface area contributed by atoms with Gasteiger partial charge in [-0.15, -0.1) is 11.3 Å². The van der Waals surface area contributed by atoms with Gasteiger partial charge in [0.25, 0.3) is 0 Å². The number of nitrogens with one attached hydrogen (secondary N) is 1. The van der Waals surface area contributed by atoms with Crippen LogP contribution in [-0.4, -0.2) is 36.0 Å². The number of benzene rings is 1. The van der Waals surface area contributed by atoms with Gasteiger partial charge in [-0.3, -0.25) is 4.99 Å². The topological polar surface area (TPSA) is 40.5 Å². The smallest absolute Gasteiger partial charge is 0.193 e. The average molecular weight is 328 g/mol. The molecule has 122 valence electrons. The number of aryl methyl sites for hydroxylation is 2. The third-order valence-corrected chi connectivity index (χ3v) is 5.19.